The number of nitrogens with one attached hydrogen (secondary N) is 1. The maximum absolute atomic E-state index is 13.7. The predicted molar refractivity (Wildman–Crippen MR) is 71.9 cm³/mol. The molecular formula is C13H15F2N3S. The van der Waals surface area contributed by atoms with Gasteiger partial charge in [0, 0.05) is 17.6 Å². The van der Waals surface area contributed by atoms with Gasteiger partial charge in [0.15, 0.2) is 0 Å². The summed E-state index contributed by atoms with van der Waals surface area (Å²) in [5.74, 6) is -0.981. The van der Waals surface area contributed by atoms with Gasteiger partial charge in [-0.15, -0.1) is 5.10 Å². The van der Waals surface area contributed by atoms with Crippen LogP contribution in [-0.4, -0.2) is 15.1 Å². The van der Waals surface area contributed by atoms with Crippen molar-refractivity contribution in [1.82, 2.24) is 14.9 Å². The smallest absolute Gasteiger partial charge is 0.132 e. The van der Waals surface area contributed by atoms with Crippen LogP contribution in [0.4, 0.5) is 8.78 Å². The Kier molecular flexibility index (Phi) is 3.91. The molecule has 0 fully saturated rings. The molecule has 0 saturated heterocycles. The molecule has 102 valence electrons. The van der Waals surface area contributed by atoms with Crippen LogP contribution in [0.15, 0.2) is 18.2 Å². The highest BCUT2D eigenvalue weighted by atomic mass is 32.1. The highest BCUT2D eigenvalue weighted by Crippen LogP contribution is 2.27. The third-order valence-corrected chi connectivity index (χ3v) is 3.24. The highest BCUT2D eigenvalue weighted by molar-refractivity contribution is 7.05. The monoisotopic (exact) mass is 283 g/mol. The molecule has 0 aliphatic heterocycles. The number of rotatable bonds is 3. The van der Waals surface area contributed by atoms with Gasteiger partial charge in [0.05, 0.1) is 4.88 Å². The van der Waals surface area contributed by atoms with Gasteiger partial charge in [0.25, 0.3) is 0 Å². The van der Waals surface area contributed by atoms with E-state index >= 15 is 0 Å². The summed E-state index contributed by atoms with van der Waals surface area (Å²) >= 11 is 1.19. The Labute approximate surface area is 114 Å². The molecule has 0 unspecified atom stereocenters. The lowest BCUT2D eigenvalue weighted by atomic mass is 10.1. The largest absolute Gasteiger partial charge is 0.307 e. The quantitative estimate of drug-likeness (QED) is 0.938. The second-order valence-corrected chi connectivity index (χ2v) is 6.11. The van der Waals surface area contributed by atoms with Crippen LogP contribution >= 0.6 is 11.5 Å². The minimum atomic E-state index is -0.494. The molecule has 0 aliphatic carbocycles. The SMILES string of the molecule is CC(C)(C)NCc1snnc1-c1cc(F)ccc1F. The second kappa shape index (κ2) is 5.30. The van der Waals surface area contributed by atoms with Crippen molar-refractivity contribution in [2.24, 2.45) is 0 Å². The van der Waals surface area contributed by atoms with Gasteiger partial charge in [-0.05, 0) is 50.5 Å². The zero-order valence-electron chi connectivity index (χ0n) is 11.0. The molecule has 0 amide bonds. The Morgan fingerprint density at radius 1 is 1.26 bits per heavy atom. The number of benzene rings is 1. The average Bonchev–Trinajstić information content (AvgIpc) is 2.77. The zero-order valence-corrected chi connectivity index (χ0v) is 11.8. The summed E-state index contributed by atoms with van der Waals surface area (Å²) in [7, 11) is 0. The Bertz CT molecular complexity index is 576. The topological polar surface area (TPSA) is 37.8 Å². The van der Waals surface area contributed by atoms with Gasteiger partial charge in [0.1, 0.15) is 17.3 Å². The fourth-order valence-corrected chi connectivity index (χ4v) is 2.15. The molecule has 3 nitrogen and oxygen atoms in total. The molecular weight excluding hydrogens is 268 g/mol. The van der Waals surface area contributed by atoms with Crippen LogP contribution in [0.1, 0.15) is 25.6 Å². The molecule has 0 bridgehead atoms. The molecule has 6 heteroatoms. The number of aromatic nitrogens is 2. The predicted octanol–water partition coefficient (Wildman–Crippen LogP) is 3.37. The number of hydrogen-bond acceptors (Lipinski definition) is 4. The fraction of sp³-hybridized carbons (Fsp3) is 0.385. The average molecular weight is 283 g/mol. The van der Waals surface area contributed by atoms with Crippen LogP contribution in [0.25, 0.3) is 11.3 Å². The molecule has 1 N–H and O–H groups in total. The van der Waals surface area contributed by atoms with Gasteiger partial charge < -0.3 is 5.32 Å². The zero-order chi connectivity index (χ0) is 14.0. The van der Waals surface area contributed by atoms with Gasteiger partial charge in [-0.3, -0.25) is 0 Å². The van der Waals surface area contributed by atoms with E-state index in [4.69, 9.17) is 0 Å². The molecule has 0 aliphatic rings. The van der Waals surface area contributed by atoms with E-state index < -0.39 is 11.6 Å². The van der Waals surface area contributed by atoms with E-state index in [1.807, 2.05) is 20.8 Å². The number of hydrogen-bond donors (Lipinski definition) is 1. The third kappa shape index (κ3) is 3.54. The summed E-state index contributed by atoms with van der Waals surface area (Å²) in [6, 6.07) is 3.34. The summed E-state index contributed by atoms with van der Waals surface area (Å²) in [5, 5.41) is 7.19. The number of halogens is 2. The summed E-state index contributed by atoms with van der Waals surface area (Å²) < 4.78 is 30.8. The summed E-state index contributed by atoms with van der Waals surface area (Å²) in [6.07, 6.45) is 0. The minimum Gasteiger partial charge on any atom is -0.307 e. The summed E-state index contributed by atoms with van der Waals surface area (Å²) in [4.78, 5) is 0.791. The highest BCUT2D eigenvalue weighted by Gasteiger charge is 2.17. The van der Waals surface area contributed by atoms with Crippen LogP contribution in [0.5, 0.6) is 0 Å². The minimum absolute atomic E-state index is 0.0677. The van der Waals surface area contributed by atoms with Crippen LogP contribution in [0, 0.1) is 11.6 Å². The van der Waals surface area contributed by atoms with Gasteiger partial charge in [-0.1, -0.05) is 4.49 Å². The van der Waals surface area contributed by atoms with E-state index in [2.05, 4.69) is 14.9 Å². The number of nitrogens with zero attached hydrogens (tertiary/aromatic N) is 2. The van der Waals surface area contributed by atoms with Crippen molar-refractivity contribution >= 4 is 11.5 Å². The van der Waals surface area contributed by atoms with Crippen molar-refractivity contribution in [1.29, 1.82) is 0 Å². The first-order valence-corrected chi connectivity index (χ1v) is 6.66. The molecule has 2 aromatic rings. The fourth-order valence-electron chi connectivity index (χ4n) is 1.55. The van der Waals surface area contributed by atoms with Gasteiger partial charge in [0.2, 0.25) is 0 Å². The lowest BCUT2D eigenvalue weighted by Crippen LogP contribution is -2.34. The molecule has 1 aromatic heterocycles. The first-order valence-electron chi connectivity index (χ1n) is 5.88. The van der Waals surface area contributed by atoms with Crippen molar-refractivity contribution in [3.8, 4) is 11.3 Å². The Hall–Kier alpha value is -1.40. The Morgan fingerprint density at radius 3 is 2.68 bits per heavy atom. The maximum Gasteiger partial charge on any atom is 0.132 e. The van der Waals surface area contributed by atoms with Crippen molar-refractivity contribution in [3.63, 3.8) is 0 Å². The van der Waals surface area contributed by atoms with E-state index in [1.165, 1.54) is 11.5 Å². The van der Waals surface area contributed by atoms with E-state index in [0.29, 0.717) is 12.2 Å². The van der Waals surface area contributed by atoms with Crippen LogP contribution in [-0.2, 0) is 6.54 Å². The molecule has 0 spiro atoms. The molecule has 0 atom stereocenters. The molecule has 1 aromatic carbocycles. The van der Waals surface area contributed by atoms with Gasteiger partial charge in [-0.2, -0.15) is 0 Å². The molecule has 1 heterocycles. The lowest BCUT2D eigenvalue weighted by Gasteiger charge is -2.20. The third-order valence-electron chi connectivity index (χ3n) is 2.52. The molecule has 19 heavy (non-hydrogen) atoms. The van der Waals surface area contributed by atoms with E-state index in [-0.39, 0.29) is 11.1 Å². The first-order chi connectivity index (χ1) is 8.87. The van der Waals surface area contributed by atoms with Crippen LogP contribution < -0.4 is 5.32 Å². The molecule has 0 radical (unpaired) electrons. The first kappa shape index (κ1) is 14.0. The second-order valence-electron chi connectivity index (χ2n) is 5.27. The Balaban J connectivity index is 2.31. The maximum atomic E-state index is 13.7. The van der Waals surface area contributed by atoms with Crippen LogP contribution in [0.2, 0.25) is 0 Å². The van der Waals surface area contributed by atoms with Gasteiger partial charge >= 0.3 is 0 Å². The van der Waals surface area contributed by atoms with Crippen molar-refractivity contribution < 1.29 is 8.78 Å². The van der Waals surface area contributed by atoms with Crippen molar-refractivity contribution in [2.45, 2.75) is 32.9 Å². The standard InChI is InChI=1S/C13H15F2N3S/c1-13(2,3)16-7-11-12(17-18-19-11)9-6-8(14)4-5-10(9)15/h4-6,16H,7H2,1-3H3. The molecule has 0 saturated carbocycles. The summed E-state index contributed by atoms with van der Waals surface area (Å²) in [5.41, 5.74) is 0.486. The van der Waals surface area contributed by atoms with E-state index in [9.17, 15) is 8.78 Å². The van der Waals surface area contributed by atoms with E-state index in [1.54, 1.807) is 0 Å². The molecule has 2 rings (SSSR count). The van der Waals surface area contributed by atoms with Crippen molar-refractivity contribution in [3.05, 3.63) is 34.7 Å². The van der Waals surface area contributed by atoms with Gasteiger partial charge in [-0.25, -0.2) is 8.78 Å². The normalized spacial score (nSPS) is 11.8. The van der Waals surface area contributed by atoms with Crippen LogP contribution in [0.3, 0.4) is 0 Å². The lowest BCUT2D eigenvalue weighted by molar-refractivity contribution is 0.426. The Morgan fingerprint density at radius 2 is 2.00 bits per heavy atom. The van der Waals surface area contributed by atoms with Crippen molar-refractivity contribution in [2.75, 3.05) is 0 Å². The summed E-state index contributed by atoms with van der Waals surface area (Å²) in [6.45, 7) is 6.62. The van der Waals surface area contributed by atoms with E-state index in [0.717, 1.165) is 23.1 Å².